The number of ether oxygens (including phenoxy) is 1. The minimum Gasteiger partial charge on any atom is -0.383 e. The second kappa shape index (κ2) is 10.2. The summed E-state index contributed by atoms with van der Waals surface area (Å²) in [6.07, 6.45) is 5.72. The molecule has 2 aliphatic rings. The van der Waals surface area contributed by atoms with Crippen molar-refractivity contribution in [2.75, 3.05) is 26.8 Å². The lowest BCUT2D eigenvalue weighted by Crippen LogP contribution is -2.50. The molecular weight excluding hydrogens is 448 g/mol. The molecule has 0 aliphatic carbocycles. The lowest BCUT2D eigenvalue weighted by atomic mass is 9.97. The molecule has 2 atom stereocenters. The topological polar surface area (TPSA) is 103 Å². The molecule has 5 rings (SSSR count). The van der Waals surface area contributed by atoms with Crippen LogP contribution in [0.15, 0.2) is 46.2 Å². The first-order valence-electron chi connectivity index (χ1n) is 12.3. The molecular formula is C25H32N6O4. The Balaban J connectivity index is 1.46. The third kappa shape index (κ3) is 4.81. The third-order valence-corrected chi connectivity index (χ3v) is 7.19. The quantitative estimate of drug-likeness (QED) is 0.512. The molecule has 35 heavy (non-hydrogen) atoms. The van der Waals surface area contributed by atoms with Crippen LogP contribution in [0.1, 0.15) is 31.2 Å². The van der Waals surface area contributed by atoms with Crippen molar-refractivity contribution in [1.29, 1.82) is 0 Å². The fourth-order valence-electron chi connectivity index (χ4n) is 5.42. The van der Waals surface area contributed by atoms with E-state index in [9.17, 15) is 14.4 Å². The molecule has 10 nitrogen and oxygen atoms in total. The second-order valence-corrected chi connectivity index (χ2v) is 9.47. The number of carbonyl (C=O) groups excluding carboxylic acids is 1. The highest BCUT2D eigenvalue weighted by atomic mass is 16.5. The number of rotatable bonds is 8. The smallest absolute Gasteiger partial charge is 0.333 e. The number of hydrogen-bond donors (Lipinski definition) is 1. The standard InChI is InChI=1S/C25H32N6O4/c1-35-13-12-29-17-26-23-22(29)24(33)31(25(34)30(23)15-18-6-3-2-4-7-18)16-21(32)27-19-9-11-28-10-5-8-20(28)14-19/h2-4,6-7,17,19-20H,5,8-16H2,1H3,(H,27,32)/t19-,20+/m1/s1. The van der Waals surface area contributed by atoms with E-state index in [2.05, 4.69) is 15.2 Å². The Kier molecular flexibility index (Phi) is 6.83. The average molecular weight is 481 g/mol. The van der Waals surface area contributed by atoms with Gasteiger partial charge in [-0.25, -0.2) is 14.3 Å². The summed E-state index contributed by atoms with van der Waals surface area (Å²) < 4.78 is 9.37. The lowest BCUT2D eigenvalue weighted by molar-refractivity contribution is -0.122. The van der Waals surface area contributed by atoms with Gasteiger partial charge in [-0.2, -0.15) is 0 Å². The maximum Gasteiger partial charge on any atom is 0.333 e. The Hall–Kier alpha value is -3.24. The number of piperidine rings is 1. The third-order valence-electron chi connectivity index (χ3n) is 7.19. The summed E-state index contributed by atoms with van der Waals surface area (Å²) in [6.45, 7) is 2.85. The molecule has 1 amide bonds. The van der Waals surface area contributed by atoms with Crippen LogP contribution in [0, 0.1) is 0 Å². The number of nitrogens with one attached hydrogen (secondary N) is 1. The van der Waals surface area contributed by atoms with Gasteiger partial charge in [-0.15, -0.1) is 0 Å². The fourth-order valence-corrected chi connectivity index (χ4v) is 5.42. The van der Waals surface area contributed by atoms with Crippen LogP contribution in [0.3, 0.4) is 0 Å². The van der Waals surface area contributed by atoms with Crippen molar-refractivity contribution in [2.45, 2.75) is 57.4 Å². The molecule has 4 heterocycles. The fraction of sp³-hybridized carbons (Fsp3) is 0.520. The van der Waals surface area contributed by atoms with Gasteiger partial charge in [-0.3, -0.25) is 14.2 Å². The Labute approximate surface area is 203 Å². The zero-order chi connectivity index (χ0) is 24.4. The van der Waals surface area contributed by atoms with Crippen molar-refractivity contribution < 1.29 is 9.53 Å². The first kappa shape index (κ1) is 23.5. The van der Waals surface area contributed by atoms with Crippen molar-refractivity contribution >= 4 is 17.1 Å². The van der Waals surface area contributed by atoms with Crippen molar-refractivity contribution in [3.05, 3.63) is 63.1 Å². The van der Waals surface area contributed by atoms with E-state index >= 15 is 0 Å². The number of nitrogens with zero attached hydrogens (tertiary/aromatic N) is 5. The van der Waals surface area contributed by atoms with Gasteiger partial charge in [0.2, 0.25) is 5.91 Å². The number of amides is 1. The van der Waals surface area contributed by atoms with E-state index in [1.54, 1.807) is 18.0 Å². The van der Waals surface area contributed by atoms with Gasteiger partial charge < -0.3 is 19.5 Å². The monoisotopic (exact) mass is 480 g/mol. The van der Waals surface area contributed by atoms with Crippen LogP contribution in [0.2, 0.25) is 0 Å². The van der Waals surface area contributed by atoms with Crippen LogP contribution >= 0.6 is 0 Å². The predicted octanol–water partition coefficient (Wildman–Crippen LogP) is 0.797. The molecule has 0 spiro atoms. The van der Waals surface area contributed by atoms with E-state index in [0.717, 1.165) is 42.5 Å². The Morgan fingerprint density at radius 1 is 1.14 bits per heavy atom. The second-order valence-electron chi connectivity index (χ2n) is 9.47. The minimum atomic E-state index is -0.538. The van der Waals surface area contributed by atoms with Gasteiger partial charge in [0.15, 0.2) is 11.2 Å². The van der Waals surface area contributed by atoms with Gasteiger partial charge in [-0.1, -0.05) is 30.3 Å². The summed E-state index contributed by atoms with van der Waals surface area (Å²) in [5.41, 5.74) is 0.461. The number of benzene rings is 1. The Morgan fingerprint density at radius 3 is 2.77 bits per heavy atom. The lowest BCUT2D eigenvalue weighted by Gasteiger charge is -2.35. The normalized spacial score (nSPS) is 20.3. The highest BCUT2D eigenvalue weighted by Gasteiger charge is 2.32. The van der Waals surface area contributed by atoms with Crippen LogP contribution in [0.5, 0.6) is 0 Å². The average Bonchev–Trinajstić information content (AvgIpc) is 3.50. The van der Waals surface area contributed by atoms with Crippen molar-refractivity contribution in [2.24, 2.45) is 0 Å². The van der Waals surface area contributed by atoms with Crippen LogP contribution in [0.4, 0.5) is 0 Å². The van der Waals surface area contributed by atoms with Crippen molar-refractivity contribution in [1.82, 2.24) is 28.9 Å². The van der Waals surface area contributed by atoms with Crippen LogP contribution < -0.4 is 16.6 Å². The summed E-state index contributed by atoms with van der Waals surface area (Å²) in [7, 11) is 1.59. The first-order chi connectivity index (χ1) is 17.0. The zero-order valence-corrected chi connectivity index (χ0v) is 20.1. The summed E-state index contributed by atoms with van der Waals surface area (Å²) in [5, 5.41) is 3.08. The SMILES string of the molecule is COCCn1cnc2c1c(=O)n(CC(=O)N[C@@H]1CCN3CCC[C@H]3C1)c(=O)n2Cc1ccccc1. The van der Waals surface area contributed by atoms with Crippen LogP contribution in [-0.4, -0.2) is 68.4 Å². The van der Waals surface area contributed by atoms with Gasteiger partial charge in [0, 0.05) is 32.3 Å². The van der Waals surface area contributed by atoms with E-state index in [1.807, 2.05) is 30.3 Å². The van der Waals surface area contributed by atoms with E-state index in [-0.39, 0.29) is 25.0 Å². The van der Waals surface area contributed by atoms with Gasteiger partial charge in [0.05, 0.1) is 19.5 Å². The number of aromatic nitrogens is 4. The number of hydrogen-bond acceptors (Lipinski definition) is 6. The molecule has 1 aromatic carbocycles. The van der Waals surface area contributed by atoms with E-state index in [4.69, 9.17) is 4.74 Å². The molecule has 0 unspecified atom stereocenters. The highest BCUT2D eigenvalue weighted by molar-refractivity contribution is 5.77. The summed E-state index contributed by atoms with van der Waals surface area (Å²) >= 11 is 0. The molecule has 10 heteroatoms. The number of imidazole rings is 1. The number of carbonyl (C=O) groups is 1. The maximum atomic E-state index is 13.5. The molecule has 2 saturated heterocycles. The zero-order valence-electron chi connectivity index (χ0n) is 20.1. The molecule has 2 aromatic heterocycles. The molecule has 0 bridgehead atoms. The van der Waals surface area contributed by atoms with Crippen molar-refractivity contribution in [3.63, 3.8) is 0 Å². The summed E-state index contributed by atoms with van der Waals surface area (Å²) in [4.78, 5) is 46.8. The molecule has 2 aliphatic heterocycles. The molecule has 3 aromatic rings. The summed E-state index contributed by atoms with van der Waals surface area (Å²) in [5.74, 6) is -0.311. The van der Waals surface area contributed by atoms with Gasteiger partial charge in [0.25, 0.3) is 5.56 Å². The first-order valence-corrected chi connectivity index (χ1v) is 12.3. The van der Waals surface area contributed by atoms with E-state index in [1.165, 1.54) is 11.0 Å². The molecule has 0 saturated carbocycles. The van der Waals surface area contributed by atoms with Gasteiger partial charge in [0.1, 0.15) is 6.54 Å². The Bertz CT molecular complexity index is 1310. The maximum absolute atomic E-state index is 13.5. The predicted molar refractivity (Wildman–Crippen MR) is 131 cm³/mol. The Morgan fingerprint density at radius 2 is 1.97 bits per heavy atom. The number of fused-ring (bicyclic) bond motifs is 2. The molecule has 186 valence electrons. The largest absolute Gasteiger partial charge is 0.383 e. The molecule has 1 N–H and O–H groups in total. The van der Waals surface area contributed by atoms with Crippen LogP contribution in [0.25, 0.3) is 11.2 Å². The number of methoxy groups -OCH3 is 1. The molecule has 2 fully saturated rings. The highest BCUT2D eigenvalue weighted by Crippen LogP contribution is 2.26. The van der Waals surface area contributed by atoms with Gasteiger partial charge >= 0.3 is 5.69 Å². The van der Waals surface area contributed by atoms with Crippen molar-refractivity contribution in [3.8, 4) is 0 Å². The van der Waals surface area contributed by atoms with Crippen LogP contribution in [-0.2, 0) is 29.2 Å². The minimum absolute atomic E-state index is 0.0695. The van der Waals surface area contributed by atoms with E-state index in [0.29, 0.717) is 30.4 Å². The summed E-state index contributed by atoms with van der Waals surface area (Å²) in [6, 6.07) is 10.1. The van der Waals surface area contributed by atoms with Gasteiger partial charge in [-0.05, 0) is 37.8 Å². The molecule has 0 radical (unpaired) electrons. The van der Waals surface area contributed by atoms with E-state index < -0.39 is 11.2 Å².